The van der Waals surface area contributed by atoms with E-state index < -0.39 is 81.6 Å². The molecular weight excluding hydrogens is 814 g/mol. The lowest BCUT2D eigenvalue weighted by atomic mass is 9.79. The standard InChI is InChI=1S/C43H72FN5O11S/c1-11-36-43(8,54)38(51)31(6)48(10)24-27(2)23-42(7,53)39(28(3)21-29(4)40(52)59-36)60-41-37(50)35(22-30(5)58-41)47(9)19-17-32-25-49(46-45-32)18-12-20-57-33-13-15-34(16-14-33)61(55,56)26-44/h13-16,25,27-31,35-39,41,50-51,53-54H,11-12,17-24,26H2,1-10H3/t27-,28+,29-,30-,31-,35+,36-,37-,38-,39-,41+,42-,43-/m1/s1. The quantitative estimate of drug-likeness (QED) is 0.159. The summed E-state index contributed by atoms with van der Waals surface area (Å²) in [6.45, 7) is 16.3. The zero-order chi connectivity index (χ0) is 45.4. The summed E-state index contributed by atoms with van der Waals surface area (Å²) in [6, 6.07) is 3.33. The van der Waals surface area contributed by atoms with Crippen LogP contribution in [0.15, 0.2) is 35.4 Å². The molecule has 18 heteroatoms. The summed E-state index contributed by atoms with van der Waals surface area (Å²) in [5.41, 5.74) is -2.35. The Labute approximate surface area is 361 Å². The highest BCUT2D eigenvalue weighted by Gasteiger charge is 2.48. The number of likely N-dealkylation sites (N-methyl/N-ethyl adjacent to an activating group) is 2. The predicted molar refractivity (Wildman–Crippen MR) is 226 cm³/mol. The second-order valence-electron chi connectivity index (χ2n) is 18.2. The van der Waals surface area contributed by atoms with E-state index in [0.29, 0.717) is 64.1 Å². The number of carbonyl (C=O) groups excluding carboxylic acids is 1. The van der Waals surface area contributed by atoms with Gasteiger partial charge >= 0.3 is 5.97 Å². The number of rotatable bonds is 14. The number of carbonyl (C=O) groups is 1. The van der Waals surface area contributed by atoms with E-state index in [0.717, 1.165) is 5.69 Å². The summed E-state index contributed by atoms with van der Waals surface area (Å²) in [5.74, 6) is -1.15. The molecule has 1 aromatic carbocycles. The van der Waals surface area contributed by atoms with Gasteiger partial charge in [-0.05, 0) is 104 Å². The summed E-state index contributed by atoms with van der Waals surface area (Å²) in [7, 11) is -0.150. The fraction of sp³-hybridized carbons (Fsp3) is 0.791. The van der Waals surface area contributed by atoms with E-state index >= 15 is 0 Å². The van der Waals surface area contributed by atoms with Crippen LogP contribution in [0.3, 0.4) is 0 Å². The number of esters is 1. The Balaban J connectivity index is 1.40. The molecule has 0 saturated carbocycles. The molecule has 0 aliphatic carbocycles. The van der Waals surface area contributed by atoms with Crippen molar-refractivity contribution in [3.8, 4) is 5.75 Å². The van der Waals surface area contributed by atoms with Crippen molar-refractivity contribution in [1.29, 1.82) is 0 Å². The van der Waals surface area contributed by atoms with Gasteiger partial charge in [-0.3, -0.25) is 9.48 Å². The van der Waals surface area contributed by atoms with Crippen LogP contribution in [-0.4, -0.2) is 160 Å². The molecular formula is C43H72FN5O11S. The molecule has 0 unspecified atom stereocenters. The Kier molecular flexibility index (Phi) is 18.1. The van der Waals surface area contributed by atoms with Crippen LogP contribution in [0.1, 0.15) is 93.2 Å². The highest BCUT2D eigenvalue weighted by Crippen LogP contribution is 2.36. The molecule has 0 amide bonds. The Morgan fingerprint density at radius 3 is 2.38 bits per heavy atom. The highest BCUT2D eigenvalue weighted by molar-refractivity contribution is 7.91. The summed E-state index contributed by atoms with van der Waals surface area (Å²) >= 11 is 0. The number of sulfone groups is 1. The zero-order valence-electron chi connectivity index (χ0n) is 37.7. The van der Waals surface area contributed by atoms with E-state index in [9.17, 15) is 38.0 Å². The van der Waals surface area contributed by atoms with E-state index in [1.54, 1.807) is 25.5 Å². The number of benzene rings is 1. The monoisotopic (exact) mass is 885 g/mol. The van der Waals surface area contributed by atoms with Gasteiger partial charge in [0.1, 0.15) is 29.7 Å². The molecule has 2 aromatic rings. The average Bonchev–Trinajstić information content (AvgIpc) is 3.66. The molecule has 2 fully saturated rings. The van der Waals surface area contributed by atoms with Gasteiger partial charge in [0.15, 0.2) is 12.3 Å². The first-order chi connectivity index (χ1) is 28.5. The van der Waals surface area contributed by atoms with Gasteiger partial charge in [0.25, 0.3) is 0 Å². The second kappa shape index (κ2) is 21.7. The third-order valence-electron chi connectivity index (χ3n) is 12.5. The first-order valence-electron chi connectivity index (χ1n) is 21.6. The van der Waals surface area contributed by atoms with Crippen LogP contribution in [0.25, 0.3) is 0 Å². The van der Waals surface area contributed by atoms with Gasteiger partial charge in [-0.25, -0.2) is 12.8 Å². The smallest absolute Gasteiger partial charge is 0.309 e. The van der Waals surface area contributed by atoms with Crippen LogP contribution in [-0.2, 0) is 41.8 Å². The average molecular weight is 886 g/mol. The molecule has 0 radical (unpaired) electrons. The van der Waals surface area contributed by atoms with Crippen molar-refractivity contribution in [2.24, 2.45) is 17.8 Å². The summed E-state index contributed by atoms with van der Waals surface area (Å²) in [5, 5.41) is 55.5. The highest BCUT2D eigenvalue weighted by atomic mass is 32.2. The number of hydrogen-bond acceptors (Lipinski definition) is 15. The van der Waals surface area contributed by atoms with Crippen molar-refractivity contribution in [3.63, 3.8) is 0 Å². The Morgan fingerprint density at radius 1 is 1.07 bits per heavy atom. The minimum Gasteiger partial charge on any atom is -0.494 e. The molecule has 0 spiro atoms. The second-order valence-corrected chi connectivity index (χ2v) is 20.2. The van der Waals surface area contributed by atoms with E-state index in [1.807, 2.05) is 52.9 Å². The number of nitrogens with zero attached hydrogens (tertiary/aromatic N) is 5. The molecule has 13 atom stereocenters. The molecule has 4 rings (SSSR count). The Hall–Kier alpha value is -2.81. The molecule has 2 saturated heterocycles. The van der Waals surface area contributed by atoms with Crippen LogP contribution >= 0.6 is 0 Å². The van der Waals surface area contributed by atoms with Crippen molar-refractivity contribution in [3.05, 3.63) is 36.2 Å². The van der Waals surface area contributed by atoms with Gasteiger partial charge in [0.05, 0.1) is 40.9 Å². The van der Waals surface area contributed by atoms with Gasteiger partial charge in [0, 0.05) is 50.8 Å². The first kappa shape index (κ1) is 50.8. The van der Waals surface area contributed by atoms with Crippen LogP contribution in [0, 0.1) is 17.8 Å². The van der Waals surface area contributed by atoms with Crippen LogP contribution in [0.5, 0.6) is 5.75 Å². The molecule has 348 valence electrons. The van der Waals surface area contributed by atoms with Crippen molar-refractivity contribution in [2.45, 2.75) is 165 Å². The Morgan fingerprint density at radius 2 is 1.74 bits per heavy atom. The number of aliphatic hydroxyl groups is 4. The maximum absolute atomic E-state index is 13.5. The number of ether oxygens (including phenoxy) is 4. The summed E-state index contributed by atoms with van der Waals surface area (Å²) in [4.78, 5) is 17.4. The third-order valence-corrected chi connectivity index (χ3v) is 13.8. The maximum atomic E-state index is 13.5. The van der Waals surface area contributed by atoms with Crippen molar-refractivity contribution >= 4 is 15.8 Å². The van der Waals surface area contributed by atoms with E-state index in [-0.39, 0.29) is 29.4 Å². The summed E-state index contributed by atoms with van der Waals surface area (Å²) in [6.07, 6.45) is -0.974. The van der Waals surface area contributed by atoms with E-state index in [2.05, 4.69) is 15.2 Å². The van der Waals surface area contributed by atoms with E-state index in [4.69, 9.17) is 18.9 Å². The number of halogens is 1. The molecule has 61 heavy (non-hydrogen) atoms. The number of hydrogen-bond donors (Lipinski definition) is 4. The lowest BCUT2D eigenvalue weighted by Gasteiger charge is -2.46. The SMILES string of the molecule is CC[C@H]1OC(=O)[C@H](C)C[C@H](C)[C@@H](O[C@@H]2O[C@H](C)C[C@H](N(C)CCc3cn(CCCOc4ccc(S(=O)(=O)CF)cc4)nn3)[C@H]2O)[C@](C)(O)C[C@@H](C)CN(C)[C@H](C)[C@@H](O)[C@]1(C)O. The minimum atomic E-state index is -3.93. The number of aliphatic hydroxyl groups excluding tert-OH is 2. The number of aryl methyl sites for hydroxylation is 1. The fourth-order valence-corrected chi connectivity index (χ4v) is 9.65. The molecule has 2 aliphatic rings. The lowest BCUT2D eigenvalue weighted by molar-refractivity contribution is -0.296. The molecule has 16 nitrogen and oxygen atoms in total. The zero-order valence-corrected chi connectivity index (χ0v) is 38.5. The first-order valence-corrected chi connectivity index (χ1v) is 23.3. The lowest BCUT2D eigenvalue weighted by Crippen LogP contribution is -2.59. The van der Waals surface area contributed by atoms with E-state index in [1.165, 1.54) is 31.2 Å². The number of alkyl halides is 1. The normalized spacial score (nSPS) is 35.3. The fourth-order valence-electron chi connectivity index (χ4n) is 8.97. The Bertz CT molecular complexity index is 1780. The van der Waals surface area contributed by atoms with Crippen molar-refractivity contribution in [1.82, 2.24) is 24.8 Å². The van der Waals surface area contributed by atoms with Gasteiger partial charge < -0.3 is 49.2 Å². The van der Waals surface area contributed by atoms with Gasteiger partial charge in [-0.15, -0.1) is 5.10 Å². The molecule has 1 aromatic heterocycles. The van der Waals surface area contributed by atoms with Crippen LogP contribution in [0.2, 0.25) is 0 Å². The number of aromatic nitrogens is 3. The topological polar surface area (TPSA) is 206 Å². The molecule has 2 aliphatic heterocycles. The molecule has 4 N–H and O–H groups in total. The molecule has 0 bridgehead atoms. The van der Waals surface area contributed by atoms with Gasteiger partial charge in [-0.2, -0.15) is 0 Å². The van der Waals surface area contributed by atoms with Gasteiger partial charge in [0.2, 0.25) is 9.84 Å². The van der Waals surface area contributed by atoms with Crippen molar-refractivity contribution < 1.29 is 57.0 Å². The minimum absolute atomic E-state index is 0.0793. The van der Waals surface area contributed by atoms with Crippen LogP contribution in [0.4, 0.5) is 4.39 Å². The summed E-state index contributed by atoms with van der Waals surface area (Å²) < 4.78 is 62.4. The largest absolute Gasteiger partial charge is 0.494 e. The third kappa shape index (κ3) is 13.4. The predicted octanol–water partition coefficient (Wildman–Crippen LogP) is 3.38. The van der Waals surface area contributed by atoms with Crippen LogP contribution < -0.4 is 4.74 Å². The number of cyclic esters (lactones) is 1. The van der Waals surface area contributed by atoms with Gasteiger partial charge in [-0.1, -0.05) is 32.9 Å². The maximum Gasteiger partial charge on any atom is 0.309 e. The van der Waals surface area contributed by atoms with Crippen molar-refractivity contribution in [2.75, 3.05) is 39.8 Å². The molecule has 3 heterocycles.